The van der Waals surface area contributed by atoms with E-state index in [4.69, 9.17) is 25.5 Å². The van der Waals surface area contributed by atoms with Crippen LogP contribution in [0.1, 0.15) is 19.6 Å². The lowest BCUT2D eigenvalue weighted by atomic mass is 10.1. The fourth-order valence-corrected chi connectivity index (χ4v) is 3.63. The predicted molar refractivity (Wildman–Crippen MR) is 90.9 cm³/mol. The van der Waals surface area contributed by atoms with Crippen LogP contribution in [-0.4, -0.2) is 56.9 Å². The van der Waals surface area contributed by atoms with Crippen molar-refractivity contribution in [1.29, 1.82) is 0 Å². The Morgan fingerprint density at radius 1 is 1.35 bits per heavy atom. The minimum absolute atomic E-state index is 0.0113. The van der Waals surface area contributed by atoms with Crippen LogP contribution in [0, 0.1) is 0 Å². The lowest BCUT2D eigenvalue weighted by Crippen LogP contribution is -2.35. The molecular formula is C13H21N6O6P. The van der Waals surface area contributed by atoms with Crippen molar-refractivity contribution in [1.82, 2.24) is 19.5 Å². The standard InChI is InChI=1S/C13H21N6O6P/c1-4-6-8(25-26(20,21)23-3)9(22-2)12(24-6)19-5-16-7-10(14)17-13(15)18-11(7)19/h5-6,8-9,12H,4H2,1-3H3,(H,20,21)(H4,14,15,17,18)/t6-,8+,9+,12-/m1/s1. The second kappa shape index (κ2) is 7.06. The minimum atomic E-state index is -4.24. The van der Waals surface area contributed by atoms with Gasteiger partial charge in [0.2, 0.25) is 5.95 Å². The van der Waals surface area contributed by atoms with E-state index < -0.39 is 32.4 Å². The van der Waals surface area contributed by atoms with Crippen LogP contribution in [0.2, 0.25) is 0 Å². The number of nitrogens with two attached hydrogens (primary N) is 2. The fraction of sp³-hybridized carbons (Fsp3) is 0.615. The molecule has 3 rings (SSSR count). The lowest BCUT2D eigenvalue weighted by Gasteiger charge is -2.24. The SMILES string of the molecule is CC[C@H]1O[C@@H](n2cnc3c(N)nc(N)nc32)[C@@H](OC)[C@H]1OP(=O)(O)OC. The number of phosphoric acid groups is 1. The van der Waals surface area contributed by atoms with Crippen molar-refractivity contribution in [2.24, 2.45) is 0 Å². The lowest BCUT2D eigenvalue weighted by molar-refractivity contribution is -0.0497. The number of hydrogen-bond donors (Lipinski definition) is 3. The molecule has 0 amide bonds. The first-order valence-electron chi connectivity index (χ1n) is 7.82. The molecule has 0 saturated carbocycles. The highest BCUT2D eigenvalue weighted by Gasteiger charge is 2.49. The molecule has 3 heterocycles. The van der Waals surface area contributed by atoms with E-state index in [0.29, 0.717) is 17.6 Å². The number of aromatic nitrogens is 4. The zero-order valence-electron chi connectivity index (χ0n) is 14.5. The van der Waals surface area contributed by atoms with Gasteiger partial charge in [-0.3, -0.25) is 13.6 Å². The molecule has 1 saturated heterocycles. The van der Waals surface area contributed by atoms with Gasteiger partial charge >= 0.3 is 7.82 Å². The number of nitrogen functional groups attached to an aromatic ring is 2. The Bertz CT molecular complexity index is 846. The number of hydrogen-bond acceptors (Lipinski definition) is 10. The monoisotopic (exact) mass is 388 g/mol. The van der Waals surface area contributed by atoms with Gasteiger partial charge < -0.3 is 25.8 Å². The summed E-state index contributed by atoms with van der Waals surface area (Å²) in [5.41, 5.74) is 12.2. The molecule has 2 aromatic rings. The molecule has 0 aromatic carbocycles. The molecule has 0 spiro atoms. The van der Waals surface area contributed by atoms with E-state index in [9.17, 15) is 9.46 Å². The van der Waals surface area contributed by atoms with E-state index in [-0.39, 0.29) is 11.8 Å². The maximum Gasteiger partial charge on any atom is 0.472 e. The Labute approximate surface area is 149 Å². The Morgan fingerprint density at radius 2 is 2.08 bits per heavy atom. The Morgan fingerprint density at radius 3 is 2.69 bits per heavy atom. The average Bonchev–Trinajstić information content (AvgIpc) is 3.15. The van der Waals surface area contributed by atoms with E-state index in [1.165, 1.54) is 13.4 Å². The fourth-order valence-electron chi connectivity index (χ4n) is 2.98. The van der Waals surface area contributed by atoms with Gasteiger partial charge in [-0.05, 0) is 6.42 Å². The number of rotatable bonds is 6. The van der Waals surface area contributed by atoms with E-state index in [2.05, 4.69) is 19.5 Å². The molecule has 12 nitrogen and oxygen atoms in total. The summed E-state index contributed by atoms with van der Waals surface area (Å²) in [7, 11) is -1.71. The molecule has 0 radical (unpaired) electrons. The van der Waals surface area contributed by atoms with Gasteiger partial charge in [0, 0.05) is 14.2 Å². The second-order valence-corrected chi connectivity index (χ2v) is 7.20. The molecule has 5 N–H and O–H groups in total. The highest BCUT2D eigenvalue weighted by atomic mass is 31.2. The zero-order valence-corrected chi connectivity index (χ0v) is 15.4. The van der Waals surface area contributed by atoms with Crippen LogP contribution in [0.3, 0.4) is 0 Å². The normalized spacial score (nSPS) is 28.5. The maximum atomic E-state index is 11.9. The van der Waals surface area contributed by atoms with Gasteiger partial charge in [0.25, 0.3) is 0 Å². The second-order valence-electron chi connectivity index (χ2n) is 5.69. The summed E-state index contributed by atoms with van der Waals surface area (Å²) in [5.74, 6) is 0.125. The van der Waals surface area contributed by atoms with Gasteiger partial charge in [0.1, 0.15) is 17.7 Å². The Hall–Kier alpha value is -1.82. The number of ether oxygens (including phenoxy) is 2. The molecule has 5 atom stereocenters. The van der Waals surface area contributed by atoms with Gasteiger partial charge in [-0.1, -0.05) is 6.92 Å². The minimum Gasteiger partial charge on any atom is -0.382 e. The van der Waals surface area contributed by atoms with Crippen molar-refractivity contribution in [3.05, 3.63) is 6.33 Å². The molecule has 13 heteroatoms. The summed E-state index contributed by atoms with van der Waals surface area (Å²) in [5, 5.41) is 0. The third kappa shape index (κ3) is 3.27. The number of phosphoric ester groups is 1. The average molecular weight is 388 g/mol. The van der Waals surface area contributed by atoms with Crippen LogP contribution in [0.15, 0.2) is 6.33 Å². The third-order valence-electron chi connectivity index (χ3n) is 4.19. The maximum absolute atomic E-state index is 11.9. The molecule has 2 aromatic heterocycles. The molecular weight excluding hydrogens is 367 g/mol. The van der Waals surface area contributed by atoms with Crippen molar-refractivity contribution in [2.75, 3.05) is 25.7 Å². The van der Waals surface area contributed by atoms with Crippen LogP contribution >= 0.6 is 7.82 Å². The van der Waals surface area contributed by atoms with Crippen molar-refractivity contribution in [2.45, 2.75) is 37.9 Å². The molecule has 0 bridgehead atoms. The van der Waals surface area contributed by atoms with Crippen molar-refractivity contribution in [3.8, 4) is 0 Å². The number of nitrogens with zero attached hydrogens (tertiary/aromatic N) is 4. The van der Waals surface area contributed by atoms with E-state index in [0.717, 1.165) is 7.11 Å². The van der Waals surface area contributed by atoms with Gasteiger partial charge in [0.05, 0.1) is 12.4 Å². The molecule has 1 aliphatic heterocycles. The first kappa shape index (κ1) is 19.0. The summed E-state index contributed by atoms with van der Waals surface area (Å²) < 4.78 is 34.7. The van der Waals surface area contributed by atoms with Crippen LogP contribution in [-0.2, 0) is 23.1 Å². The van der Waals surface area contributed by atoms with Crippen LogP contribution in [0.5, 0.6) is 0 Å². The highest BCUT2D eigenvalue weighted by Crippen LogP contribution is 2.48. The predicted octanol–water partition coefficient (Wildman–Crippen LogP) is 0.445. The number of anilines is 2. The van der Waals surface area contributed by atoms with Gasteiger partial charge in [-0.2, -0.15) is 9.97 Å². The topological polar surface area (TPSA) is 170 Å². The number of imidazole rings is 1. The molecule has 144 valence electrons. The Balaban J connectivity index is 2.01. The van der Waals surface area contributed by atoms with Crippen LogP contribution < -0.4 is 11.5 Å². The first-order valence-corrected chi connectivity index (χ1v) is 9.31. The molecule has 1 unspecified atom stereocenters. The first-order chi connectivity index (χ1) is 12.3. The summed E-state index contributed by atoms with van der Waals surface area (Å²) in [4.78, 5) is 21.9. The molecule has 1 aliphatic rings. The smallest absolute Gasteiger partial charge is 0.382 e. The van der Waals surface area contributed by atoms with Gasteiger partial charge in [-0.15, -0.1) is 0 Å². The number of fused-ring (bicyclic) bond motifs is 1. The summed E-state index contributed by atoms with van der Waals surface area (Å²) in [6.45, 7) is 1.86. The Kier molecular flexibility index (Phi) is 5.15. The molecule has 1 fully saturated rings. The van der Waals surface area contributed by atoms with E-state index in [1.807, 2.05) is 6.92 Å². The molecule has 0 aliphatic carbocycles. The zero-order chi connectivity index (χ0) is 19.1. The van der Waals surface area contributed by atoms with E-state index >= 15 is 0 Å². The van der Waals surface area contributed by atoms with Crippen molar-refractivity contribution in [3.63, 3.8) is 0 Å². The third-order valence-corrected chi connectivity index (χ3v) is 5.16. The highest BCUT2D eigenvalue weighted by molar-refractivity contribution is 7.47. The summed E-state index contributed by atoms with van der Waals surface area (Å²) in [6.07, 6.45) is -0.850. The van der Waals surface area contributed by atoms with Gasteiger partial charge in [-0.25, -0.2) is 9.55 Å². The van der Waals surface area contributed by atoms with Crippen LogP contribution in [0.4, 0.5) is 11.8 Å². The van der Waals surface area contributed by atoms with E-state index in [1.54, 1.807) is 4.57 Å². The van der Waals surface area contributed by atoms with Gasteiger partial charge in [0.15, 0.2) is 17.7 Å². The van der Waals surface area contributed by atoms with Crippen LogP contribution in [0.25, 0.3) is 11.2 Å². The summed E-state index contributed by atoms with van der Waals surface area (Å²) >= 11 is 0. The largest absolute Gasteiger partial charge is 0.472 e. The van der Waals surface area contributed by atoms with Crippen molar-refractivity contribution < 1.29 is 28.0 Å². The van der Waals surface area contributed by atoms with Crippen molar-refractivity contribution >= 4 is 30.8 Å². The quantitative estimate of drug-likeness (QED) is 0.587. The molecule has 26 heavy (non-hydrogen) atoms. The number of methoxy groups -OCH3 is 1. The summed E-state index contributed by atoms with van der Waals surface area (Å²) in [6, 6.07) is 0.